The van der Waals surface area contributed by atoms with Crippen LogP contribution in [0.25, 0.3) is 77.8 Å². The molecule has 1 spiro atoms. The second-order valence-corrected chi connectivity index (χ2v) is 14.2. The summed E-state index contributed by atoms with van der Waals surface area (Å²) in [5.74, 6) is 0. The van der Waals surface area contributed by atoms with Gasteiger partial charge in [-0.1, -0.05) is 188 Å². The Morgan fingerprint density at radius 1 is 0.302 bits per heavy atom. The summed E-state index contributed by atoms with van der Waals surface area (Å²) in [6.45, 7) is 0. The Kier molecular flexibility index (Phi) is 6.53. The topological polar surface area (TPSA) is 12.9 Å². The SMILES string of the molecule is c1ccc(-c2ccc(-c3cc(-c4cccc5c4-c4ccccc4C54c5ccccc5-c5ccccc54)cc(-c4cccc5ccccc45)n3)cc2)cc1. The third-order valence-electron chi connectivity index (χ3n) is 11.5. The second-order valence-electron chi connectivity index (χ2n) is 14.2. The molecule has 0 saturated carbocycles. The first kappa shape index (κ1) is 29.9. The summed E-state index contributed by atoms with van der Waals surface area (Å²) in [7, 11) is 0. The number of rotatable bonds is 4. The van der Waals surface area contributed by atoms with Crippen LogP contribution in [0.4, 0.5) is 0 Å². The first-order valence-corrected chi connectivity index (χ1v) is 18.4. The molecule has 9 aromatic rings. The van der Waals surface area contributed by atoms with Crippen molar-refractivity contribution in [3.05, 3.63) is 222 Å². The number of nitrogens with zero attached hydrogens (tertiary/aromatic N) is 1. The molecular formula is C52H33N. The van der Waals surface area contributed by atoms with E-state index in [2.05, 4.69) is 200 Å². The van der Waals surface area contributed by atoms with Crippen LogP contribution in [0.1, 0.15) is 22.3 Å². The lowest BCUT2D eigenvalue weighted by atomic mass is 9.70. The Hall–Kier alpha value is -6.83. The van der Waals surface area contributed by atoms with E-state index in [1.54, 1.807) is 0 Å². The Morgan fingerprint density at radius 3 is 1.55 bits per heavy atom. The number of fused-ring (bicyclic) bond motifs is 11. The van der Waals surface area contributed by atoms with Crippen molar-refractivity contribution in [3.63, 3.8) is 0 Å². The molecular weight excluding hydrogens is 639 g/mol. The summed E-state index contributed by atoms with van der Waals surface area (Å²) in [6.07, 6.45) is 0. The van der Waals surface area contributed by atoms with E-state index in [1.165, 1.54) is 72.0 Å². The molecule has 1 aromatic heterocycles. The zero-order valence-corrected chi connectivity index (χ0v) is 29.0. The van der Waals surface area contributed by atoms with E-state index in [0.717, 1.165) is 28.1 Å². The largest absolute Gasteiger partial charge is 0.248 e. The van der Waals surface area contributed by atoms with Crippen molar-refractivity contribution in [3.8, 4) is 67.0 Å². The van der Waals surface area contributed by atoms with Crippen molar-refractivity contribution in [1.29, 1.82) is 0 Å². The molecule has 0 atom stereocenters. The molecule has 0 aliphatic heterocycles. The molecule has 11 rings (SSSR count). The number of aromatic nitrogens is 1. The lowest BCUT2D eigenvalue weighted by Crippen LogP contribution is -2.25. The summed E-state index contributed by atoms with van der Waals surface area (Å²) in [6, 6.07) is 73.2. The molecule has 0 radical (unpaired) electrons. The summed E-state index contributed by atoms with van der Waals surface area (Å²) in [5.41, 5.74) is 19.2. The fraction of sp³-hybridized carbons (Fsp3) is 0.0192. The number of pyridine rings is 1. The average Bonchev–Trinajstić information content (AvgIpc) is 3.71. The highest BCUT2D eigenvalue weighted by atomic mass is 14.7. The van der Waals surface area contributed by atoms with Gasteiger partial charge in [-0.2, -0.15) is 0 Å². The van der Waals surface area contributed by atoms with Crippen LogP contribution in [-0.4, -0.2) is 4.98 Å². The molecule has 0 bridgehead atoms. The van der Waals surface area contributed by atoms with Crippen LogP contribution in [0.15, 0.2) is 200 Å². The van der Waals surface area contributed by atoms with Gasteiger partial charge in [0.15, 0.2) is 0 Å². The summed E-state index contributed by atoms with van der Waals surface area (Å²) in [5, 5.41) is 2.41. The molecule has 0 amide bonds. The van der Waals surface area contributed by atoms with Crippen molar-refractivity contribution in [1.82, 2.24) is 4.98 Å². The molecule has 1 heteroatoms. The van der Waals surface area contributed by atoms with Crippen molar-refractivity contribution in [2.24, 2.45) is 0 Å². The van der Waals surface area contributed by atoms with Crippen LogP contribution in [-0.2, 0) is 5.41 Å². The molecule has 0 unspecified atom stereocenters. The number of hydrogen-bond acceptors (Lipinski definition) is 1. The third-order valence-corrected chi connectivity index (χ3v) is 11.5. The average molecular weight is 672 g/mol. The first-order chi connectivity index (χ1) is 26.3. The van der Waals surface area contributed by atoms with Crippen molar-refractivity contribution in [2.75, 3.05) is 0 Å². The smallest absolute Gasteiger partial charge is 0.0725 e. The maximum Gasteiger partial charge on any atom is 0.0725 e. The Balaban J connectivity index is 1.18. The fourth-order valence-corrected chi connectivity index (χ4v) is 9.27. The highest BCUT2D eigenvalue weighted by molar-refractivity contribution is 6.01. The predicted octanol–water partition coefficient (Wildman–Crippen LogP) is 13.2. The first-order valence-electron chi connectivity index (χ1n) is 18.4. The lowest BCUT2D eigenvalue weighted by molar-refractivity contribution is 0.794. The minimum absolute atomic E-state index is 0.392. The van der Waals surface area contributed by atoms with E-state index in [9.17, 15) is 0 Å². The van der Waals surface area contributed by atoms with Gasteiger partial charge < -0.3 is 0 Å². The van der Waals surface area contributed by atoms with Crippen LogP contribution >= 0.6 is 0 Å². The van der Waals surface area contributed by atoms with E-state index < -0.39 is 5.41 Å². The van der Waals surface area contributed by atoms with Gasteiger partial charge in [0.25, 0.3) is 0 Å². The van der Waals surface area contributed by atoms with Gasteiger partial charge in [0.1, 0.15) is 0 Å². The van der Waals surface area contributed by atoms with Gasteiger partial charge in [0.05, 0.1) is 16.8 Å². The predicted molar refractivity (Wildman–Crippen MR) is 220 cm³/mol. The van der Waals surface area contributed by atoms with Gasteiger partial charge in [-0.25, -0.2) is 4.98 Å². The molecule has 246 valence electrons. The molecule has 2 aliphatic carbocycles. The van der Waals surface area contributed by atoms with Crippen LogP contribution in [0.2, 0.25) is 0 Å². The van der Waals surface area contributed by atoms with E-state index in [-0.39, 0.29) is 0 Å². The second kappa shape index (κ2) is 11.6. The molecule has 0 saturated heterocycles. The fourth-order valence-electron chi connectivity index (χ4n) is 9.27. The van der Waals surface area contributed by atoms with Gasteiger partial charge in [-0.3, -0.25) is 0 Å². The Bertz CT molecular complexity index is 2830. The van der Waals surface area contributed by atoms with Gasteiger partial charge in [-0.05, 0) is 89.7 Å². The number of benzene rings is 8. The minimum atomic E-state index is -0.392. The molecule has 1 nitrogen and oxygen atoms in total. The number of hydrogen-bond donors (Lipinski definition) is 0. The van der Waals surface area contributed by atoms with Gasteiger partial charge in [-0.15, -0.1) is 0 Å². The zero-order chi connectivity index (χ0) is 34.9. The summed E-state index contributed by atoms with van der Waals surface area (Å²) >= 11 is 0. The molecule has 2 aliphatic rings. The van der Waals surface area contributed by atoms with Gasteiger partial charge in [0.2, 0.25) is 0 Å². The minimum Gasteiger partial charge on any atom is -0.248 e. The summed E-state index contributed by atoms with van der Waals surface area (Å²) in [4.78, 5) is 5.42. The molecule has 1 heterocycles. The third kappa shape index (κ3) is 4.35. The standard InChI is InChI=1S/C52H33N/c1-2-14-34(15-3-1)35-28-30-37(31-29-35)49-32-38(33-50(53-49)43-23-12-17-36-16-4-5-18-39(36)43)40-22-13-27-48-51(40)44-21-8-11-26-47(44)52(48)45-24-9-6-19-41(45)42-20-7-10-25-46(42)52/h1-33H. The van der Waals surface area contributed by atoms with Crippen LogP contribution in [0.5, 0.6) is 0 Å². The quantitative estimate of drug-likeness (QED) is 0.181. The van der Waals surface area contributed by atoms with Crippen molar-refractivity contribution >= 4 is 10.8 Å². The Labute approximate surface area is 309 Å². The maximum absolute atomic E-state index is 5.42. The van der Waals surface area contributed by atoms with Crippen molar-refractivity contribution in [2.45, 2.75) is 5.41 Å². The maximum atomic E-state index is 5.42. The molecule has 8 aromatic carbocycles. The normalized spacial score (nSPS) is 13.1. The monoisotopic (exact) mass is 671 g/mol. The molecule has 0 N–H and O–H groups in total. The molecule has 0 fully saturated rings. The highest BCUT2D eigenvalue weighted by Gasteiger charge is 2.51. The van der Waals surface area contributed by atoms with Crippen LogP contribution < -0.4 is 0 Å². The van der Waals surface area contributed by atoms with E-state index in [4.69, 9.17) is 4.98 Å². The van der Waals surface area contributed by atoms with E-state index in [0.29, 0.717) is 0 Å². The highest BCUT2D eigenvalue weighted by Crippen LogP contribution is 2.64. The van der Waals surface area contributed by atoms with Gasteiger partial charge >= 0.3 is 0 Å². The van der Waals surface area contributed by atoms with E-state index in [1.807, 2.05) is 0 Å². The lowest BCUT2D eigenvalue weighted by Gasteiger charge is -2.30. The Morgan fingerprint density at radius 2 is 0.792 bits per heavy atom. The van der Waals surface area contributed by atoms with Crippen LogP contribution in [0.3, 0.4) is 0 Å². The van der Waals surface area contributed by atoms with Gasteiger partial charge in [0, 0.05) is 11.1 Å². The zero-order valence-electron chi connectivity index (χ0n) is 29.0. The molecule has 53 heavy (non-hydrogen) atoms. The van der Waals surface area contributed by atoms with Crippen molar-refractivity contribution < 1.29 is 0 Å². The van der Waals surface area contributed by atoms with Crippen LogP contribution in [0, 0.1) is 0 Å². The summed E-state index contributed by atoms with van der Waals surface area (Å²) < 4.78 is 0. The van der Waals surface area contributed by atoms with E-state index >= 15 is 0 Å².